The first-order valence-corrected chi connectivity index (χ1v) is 3.88. The third-order valence-corrected chi connectivity index (χ3v) is 1.77. The Morgan fingerprint density at radius 3 is 2.89 bits per heavy atom. The molecular weight excluding hydrogens is 130 g/mol. The lowest BCUT2D eigenvalue weighted by Gasteiger charge is -1.89. The minimum atomic E-state index is 0.889. The fourth-order valence-electron chi connectivity index (χ4n) is 0.911. The molecule has 0 unspecified atom stereocenters. The van der Waals surface area contributed by atoms with E-state index in [-0.39, 0.29) is 0 Å². The summed E-state index contributed by atoms with van der Waals surface area (Å²) in [6, 6.07) is 0. The minimum Gasteiger partial charge on any atom is -0.233 e. The number of rotatable bonds is 4. The van der Waals surface area contributed by atoms with Crippen molar-refractivity contribution in [2.45, 2.75) is 25.7 Å². The van der Waals surface area contributed by atoms with Gasteiger partial charge in [-0.25, -0.2) is 4.99 Å². The fraction of sp³-hybridized carbons (Fsp3) is 0.857. The SMILES string of the molecule is S=C=NCCCC1CC1. The Labute approximate surface area is 61.2 Å². The van der Waals surface area contributed by atoms with Crippen LogP contribution in [0.15, 0.2) is 4.99 Å². The predicted molar refractivity (Wildman–Crippen MR) is 41.9 cm³/mol. The molecule has 9 heavy (non-hydrogen) atoms. The third-order valence-electron chi connectivity index (χ3n) is 1.64. The Kier molecular flexibility index (Phi) is 2.88. The minimum absolute atomic E-state index is 0.889. The topological polar surface area (TPSA) is 12.4 Å². The second-order valence-electron chi connectivity index (χ2n) is 2.56. The van der Waals surface area contributed by atoms with Crippen LogP contribution in [-0.4, -0.2) is 11.7 Å². The molecule has 0 bridgehead atoms. The van der Waals surface area contributed by atoms with Crippen molar-refractivity contribution in [3.8, 4) is 0 Å². The first kappa shape index (κ1) is 6.91. The highest BCUT2D eigenvalue weighted by molar-refractivity contribution is 7.78. The maximum absolute atomic E-state index is 4.43. The lowest BCUT2D eigenvalue weighted by atomic mass is 10.2. The van der Waals surface area contributed by atoms with E-state index in [2.05, 4.69) is 22.4 Å². The average molecular weight is 141 g/mol. The number of hydrogen-bond acceptors (Lipinski definition) is 2. The summed E-state index contributed by atoms with van der Waals surface area (Å²) < 4.78 is 0. The van der Waals surface area contributed by atoms with Crippen molar-refractivity contribution in [1.29, 1.82) is 0 Å². The standard InChI is InChI=1S/C7H11NS/c9-6-8-5-1-2-7-3-4-7/h7H,1-5H2. The van der Waals surface area contributed by atoms with Gasteiger partial charge in [-0.3, -0.25) is 0 Å². The molecule has 0 aromatic heterocycles. The molecule has 0 aromatic carbocycles. The van der Waals surface area contributed by atoms with Crippen LogP contribution in [0.4, 0.5) is 0 Å². The molecule has 0 heterocycles. The van der Waals surface area contributed by atoms with Crippen molar-refractivity contribution < 1.29 is 0 Å². The highest BCUT2D eigenvalue weighted by atomic mass is 32.1. The van der Waals surface area contributed by atoms with Crippen molar-refractivity contribution in [3.63, 3.8) is 0 Å². The van der Waals surface area contributed by atoms with Crippen LogP contribution in [0.3, 0.4) is 0 Å². The summed E-state index contributed by atoms with van der Waals surface area (Å²) in [5.74, 6) is 1.03. The van der Waals surface area contributed by atoms with E-state index in [1.165, 1.54) is 25.7 Å². The van der Waals surface area contributed by atoms with Crippen molar-refractivity contribution >= 4 is 17.4 Å². The molecule has 0 aliphatic heterocycles. The Hall–Kier alpha value is -0.200. The fourth-order valence-corrected chi connectivity index (χ4v) is 1.00. The van der Waals surface area contributed by atoms with E-state index in [4.69, 9.17) is 0 Å². The number of hydrogen-bond donors (Lipinski definition) is 0. The highest BCUT2D eigenvalue weighted by Gasteiger charge is 2.19. The Morgan fingerprint density at radius 2 is 2.33 bits per heavy atom. The van der Waals surface area contributed by atoms with Gasteiger partial charge in [-0.15, -0.1) is 0 Å². The lowest BCUT2D eigenvalue weighted by molar-refractivity contribution is 0.677. The van der Waals surface area contributed by atoms with Gasteiger partial charge in [0.25, 0.3) is 0 Å². The Balaban J connectivity index is 1.86. The zero-order valence-electron chi connectivity index (χ0n) is 5.47. The van der Waals surface area contributed by atoms with Crippen LogP contribution in [0.5, 0.6) is 0 Å². The van der Waals surface area contributed by atoms with Gasteiger partial charge in [0, 0.05) is 6.54 Å². The summed E-state index contributed by atoms with van der Waals surface area (Å²) in [5, 5.41) is 2.37. The molecule has 0 saturated heterocycles. The molecule has 2 heteroatoms. The maximum Gasteiger partial charge on any atom is 0.0584 e. The quantitative estimate of drug-likeness (QED) is 0.332. The molecule has 1 nitrogen and oxygen atoms in total. The van der Waals surface area contributed by atoms with Crippen LogP contribution in [0.25, 0.3) is 0 Å². The molecule has 1 fully saturated rings. The van der Waals surface area contributed by atoms with Gasteiger partial charge in [0.15, 0.2) is 0 Å². The molecule has 50 valence electrons. The van der Waals surface area contributed by atoms with Gasteiger partial charge in [0.05, 0.1) is 5.16 Å². The zero-order valence-corrected chi connectivity index (χ0v) is 6.28. The molecule has 0 aromatic rings. The van der Waals surface area contributed by atoms with Crippen LogP contribution in [0, 0.1) is 5.92 Å². The van der Waals surface area contributed by atoms with Gasteiger partial charge >= 0.3 is 0 Å². The van der Waals surface area contributed by atoms with E-state index in [0.29, 0.717) is 0 Å². The summed E-state index contributed by atoms with van der Waals surface area (Å²) in [4.78, 5) is 3.84. The Bertz CT molecular complexity index is 123. The molecule has 1 saturated carbocycles. The van der Waals surface area contributed by atoms with Gasteiger partial charge in [0.2, 0.25) is 0 Å². The number of thiocarbonyl (C=S) groups is 1. The molecule has 1 rings (SSSR count). The second kappa shape index (κ2) is 3.76. The highest BCUT2D eigenvalue weighted by Crippen LogP contribution is 2.33. The van der Waals surface area contributed by atoms with E-state index in [1.807, 2.05) is 0 Å². The molecule has 1 aliphatic rings. The largest absolute Gasteiger partial charge is 0.233 e. The Morgan fingerprint density at radius 1 is 1.56 bits per heavy atom. The van der Waals surface area contributed by atoms with Crippen LogP contribution in [-0.2, 0) is 0 Å². The van der Waals surface area contributed by atoms with Crippen molar-refractivity contribution in [3.05, 3.63) is 0 Å². The van der Waals surface area contributed by atoms with Crippen LogP contribution >= 0.6 is 12.2 Å². The molecule has 0 spiro atoms. The molecule has 0 N–H and O–H groups in total. The molecule has 0 atom stereocenters. The third kappa shape index (κ3) is 3.39. The van der Waals surface area contributed by atoms with Gasteiger partial charge < -0.3 is 0 Å². The van der Waals surface area contributed by atoms with Crippen LogP contribution < -0.4 is 0 Å². The van der Waals surface area contributed by atoms with E-state index in [9.17, 15) is 0 Å². The molecule has 0 radical (unpaired) electrons. The summed E-state index contributed by atoms with van der Waals surface area (Å²) in [7, 11) is 0. The van der Waals surface area contributed by atoms with E-state index in [0.717, 1.165) is 12.5 Å². The molecular formula is C7H11NS. The number of nitrogens with zero attached hydrogens (tertiary/aromatic N) is 1. The van der Waals surface area contributed by atoms with Crippen molar-refractivity contribution in [2.75, 3.05) is 6.54 Å². The second-order valence-corrected chi connectivity index (χ2v) is 2.74. The summed E-state index contributed by atoms with van der Waals surface area (Å²) in [6.07, 6.45) is 5.44. The van der Waals surface area contributed by atoms with Gasteiger partial charge in [-0.05, 0) is 31.0 Å². The number of aliphatic imine (C=N–C) groups is 1. The van der Waals surface area contributed by atoms with Gasteiger partial charge in [-0.2, -0.15) is 0 Å². The summed E-state index contributed by atoms with van der Waals surface area (Å²) in [6.45, 7) is 0.889. The number of isothiocyanates is 1. The molecule has 1 aliphatic carbocycles. The van der Waals surface area contributed by atoms with Crippen LogP contribution in [0.1, 0.15) is 25.7 Å². The molecule has 0 amide bonds. The first-order chi connectivity index (χ1) is 4.43. The van der Waals surface area contributed by atoms with E-state index >= 15 is 0 Å². The van der Waals surface area contributed by atoms with Crippen molar-refractivity contribution in [1.82, 2.24) is 0 Å². The summed E-state index contributed by atoms with van der Waals surface area (Å²) >= 11 is 4.43. The smallest absolute Gasteiger partial charge is 0.0584 e. The summed E-state index contributed by atoms with van der Waals surface area (Å²) in [5.41, 5.74) is 0. The normalized spacial score (nSPS) is 16.9. The van der Waals surface area contributed by atoms with Crippen molar-refractivity contribution in [2.24, 2.45) is 10.9 Å². The van der Waals surface area contributed by atoms with Crippen LogP contribution in [0.2, 0.25) is 0 Å². The predicted octanol–water partition coefficient (Wildman–Crippen LogP) is 2.28. The average Bonchev–Trinajstić information content (AvgIpc) is 2.63. The van der Waals surface area contributed by atoms with E-state index in [1.54, 1.807) is 0 Å². The zero-order chi connectivity index (χ0) is 6.53. The van der Waals surface area contributed by atoms with Gasteiger partial charge in [0.1, 0.15) is 0 Å². The maximum atomic E-state index is 4.43. The first-order valence-electron chi connectivity index (χ1n) is 3.47. The van der Waals surface area contributed by atoms with Gasteiger partial charge in [-0.1, -0.05) is 12.8 Å². The van der Waals surface area contributed by atoms with E-state index < -0.39 is 0 Å². The monoisotopic (exact) mass is 141 g/mol. The lowest BCUT2D eigenvalue weighted by Crippen LogP contribution is -1.81.